The Balaban J connectivity index is 2.11. The first-order chi connectivity index (χ1) is 11.7. The van der Waals surface area contributed by atoms with Gasteiger partial charge < -0.3 is 10.4 Å². The number of carbonyl (C=O) groups is 1. The van der Waals surface area contributed by atoms with Gasteiger partial charge in [0.1, 0.15) is 0 Å². The smallest absolute Gasteiger partial charge is 0.252 e. The second-order valence-corrected chi connectivity index (χ2v) is 6.19. The van der Waals surface area contributed by atoms with Crippen LogP contribution < -0.4 is 5.32 Å². The largest absolute Gasteiger partial charge is 0.396 e. The van der Waals surface area contributed by atoms with E-state index in [4.69, 9.17) is 16.7 Å². The van der Waals surface area contributed by atoms with E-state index in [-0.39, 0.29) is 18.4 Å². The lowest BCUT2D eigenvalue weighted by Crippen LogP contribution is -2.30. The number of nitrogens with one attached hydrogen (secondary N) is 1. The first-order valence-electron chi connectivity index (χ1n) is 8.25. The molecule has 0 aliphatic rings. The molecule has 5 heteroatoms. The number of nitrogens with zero attached hydrogens (tertiary/aromatic N) is 1. The van der Waals surface area contributed by atoms with Gasteiger partial charge in [-0.25, -0.2) is 0 Å². The monoisotopic (exact) mass is 346 g/mol. The van der Waals surface area contributed by atoms with E-state index in [0.717, 1.165) is 24.1 Å². The number of hydrogen-bond donors (Lipinski definition) is 2. The number of amides is 1. The first-order valence-corrected chi connectivity index (χ1v) is 8.63. The zero-order chi connectivity index (χ0) is 17.4. The summed E-state index contributed by atoms with van der Waals surface area (Å²) in [5.41, 5.74) is 2.09. The van der Waals surface area contributed by atoms with Crippen molar-refractivity contribution in [3.8, 4) is 11.3 Å². The molecule has 24 heavy (non-hydrogen) atoms. The zero-order valence-corrected chi connectivity index (χ0v) is 14.6. The van der Waals surface area contributed by atoms with Gasteiger partial charge in [0.15, 0.2) is 0 Å². The fourth-order valence-electron chi connectivity index (χ4n) is 2.66. The van der Waals surface area contributed by atoms with Crippen molar-refractivity contribution in [2.45, 2.75) is 26.2 Å². The lowest BCUT2D eigenvalue weighted by atomic mass is 10.00. The Morgan fingerprint density at radius 3 is 2.79 bits per heavy atom. The number of aliphatic hydroxyl groups is 1. The van der Waals surface area contributed by atoms with Gasteiger partial charge in [0.05, 0.1) is 16.3 Å². The summed E-state index contributed by atoms with van der Waals surface area (Å²) >= 11 is 6.19. The topological polar surface area (TPSA) is 62.2 Å². The minimum absolute atomic E-state index is 0.135. The molecule has 2 aromatic rings. The maximum absolute atomic E-state index is 12.5. The van der Waals surface area contributed by atoms with Gasteiger partial charge in [0.2, 0.25) is 0 Å². The third-order valence-corrected chi connectivity index (χ3v) is 4.29. The zero-order valence-electron chi connectivity index (χ0n) is 13.8. The molecule has 1 unspecified atom stereocenters. The molecule has 0 spiro atoms. The predicted octanol–water partition coefficient (Wildman–Crippen LogP) is 3.93. The molecule has 0 saturated heterocycles. The van der Waals surface area contributed by atoms with Gasteiger partial charge in [0.25, 0.3) is 5.91 Å². The van der Waals surface area contributed by atoms with Crippen LogP contribution in [0, 0.1) is 5.92 Å². The van der Waals surface area contributed by atoms with E-state index >= 15 is 0 Å². The van der Waals surface area contributed by atoms with E-state index in [2.05, 4.69) is 17.2 Å². The van der Waals surface area contributed by atoms with Crippen LogP contribution in [0.3, 0.4) is 0 Å². The van der Waals surface area contributed by atoms with Gasteiger partial charge in [-0.2, -0.15) is 0 Å². The number of aromatic nitrogens is 1. The van der Waals surface area contributed by atoms with Crippen LogP contribution in [-0.4, -0.2) is 29.1 Å². The van der Waals surface area contributed by atoms with Crippen LogP contribution in [0.15, 0.2) is 42.6 Å². The van der Waals surface area contributed by atoms with Crippen LogP contribution in [0.2, 0.25) is 5.02 Å². The number of aliphatic hydroxyl groups excluding tert-OH is 1. The highest BCUT2D eigenvalue weighted by Gasteiger charge is 2.14. The molecule has 0 aliphatic carbocycles. The van der Waals surface area contributed by atoms with Crippen molar-refractivity contribution in [3.05, 3.63) is 53.2 Å². The SMILES string of the molecule is CCCC(CCO)CNC(=O)c1cc(-c2ccccn2)ccc1Cl. The van der Waals surface area contributed by atoms with Crippen LogP contribution in [0.1, 0.15) is 36.5 Å². The van der Waals surface area contributed by atoms with E-state index in [0.29, 0.717) is 23.6 Å². The second-order valence-electron chi connectivity index (χ2n) is 5.79. The number of pyridine rings is 1. The minimum Gasteiger partial charge on any atom is -0.396 e. The molecule has 1 atom stereocenters. The number of rotatable bonds is 8. The normalized spacial score (nSPS) is 12.0. The van der Waals surface area contributed by atoms with E-state index in [1.807, 2.05) is 24.3 Å². The highest BCUT2D eigenvalue weighted by atomic mass is 35.5. The molecule has 0 bridgehead atoms. The molecular weight excluding hydrogens is 324 g/mol. The number of halogens is 1. The van der Waals surface area contributed by atoms with Crippen molar-refractivity contribution in [3.63, 3.8) is 0 Å². The Morgan fingerprint density at radius 1 is 1.29 bits per heavy atom. The quantitative estimate of drug-likeness (QED) is 0.761. The molecule has 0 aliphatic heterocycles. The van der Waals surface area contributed by atoms with E-state index in [1.165, 1.54) is 0 Å². The summed E-state index contributed by atoms with van der Waals surface area (Å²) in [6.07, 6.45) is 4.41. The molecule has 128 valence electrons. The summed E-state index contributed by atoms with van der Waals surface area (Å²) in [5, 5.41) is 12.5. The van der Waals surface area contributed by atoms with Crippen molar-refractivity contribution in [1.29, 1.82) is 0 Å². The highest BCUT2D eigenvalue weighted by molar-refractivity contribution is 6.34. The molecular formula is C19H23ClN2O2. The molecule has 0 saturated carbocycles. The first kappa shape index (κ1) is 18.4. The third kappa shape index (κ3) is 5.05. The van der Waals surface area contributed by atoms with E-state index in [9.17, 15) is 4.79 Å². The molecule has 1 heterocycles. The van der Waals surface area contributed by atoms with Crippen molar-refractivity contribution in [2.24, 2.45) is 5.92 Å². The Kier molecular flexibility index (Phi) is 7.22. The fraction of sp³-hybridized carbons (Fsp3) is 0.368. The average Bonchev–Trinajstić information content (AvgIpc) is 2.61. The summed E-state index contributed by atoms with van der Waals surface area (Å²) < 4.78 is 0. The average molecular weight is 347 g/mol. The molecule has 0 radical (unpaired) electrons. The number of carbonyl (C=O) groups excluding carboxylic acids is 1. The summed E-state index contributed by atoms with van der Waals surface area (Å²) in [6, 6.07) is 11.0. The van der Waals surface area contributed by atoms with Crippen LogP contribution in [-0.2, 0) is 0 Å². The number of benzene rings is 1. The third-order valence-electron chi connectivity index (χ3n) is 3.96. The molecule has 2 N–H and O–H groups in total. The molecule has 1 aromatic carbocycles. The summed E-state index contributed by atoms with van der Waals surface area (Å²) in [6.45, 7) is 2.77. The summed E-state index contributed by atoms with van der Waals surface area (Å²) in [4.78, 5) is 16.8. The standard InChI is InChI=1S/C19H23ClN2O2/c1-2-5-14(9-11-23)13-22-19(24)16-12-15(7-8-17(16)20)18-6-3-4-10-21-18/h3-4,6-8,10,12,14,23H,2,5,9,11,13H2,1H3,(H,22,24). The Morgan fingerprint density at radius 2 is 2.12 bits per heavy atom. The van der Waals surface area contributed by atoms with Gasteiger partial charge in [0, 0.05) is 24.9 Å². The summed E-state index contributed by atoms with van der Waals surface area (Å²) in [5.74, 6) is 0.0820. The Bertz CT molecular complexity index is 656. The highest BCUT2D eigenvalue weighted by Crippen LogP contribution is 2.24. The Hall–Kier alpha value is -1.91. The fourth-order valence-corrected chi connectivity index (χ4v) is 2.87. The van der Waals surface area contributed by atoms with Crippen molar-refractivity contribution < 1.29 is 9.90 Å². The summed E-state index contributed by atoms with van der Waals surface area (Å²) in [7, 11) is 0. The van der Waals surface area contributed by atoms with Gasteiger partial charge in [-0.05, 0) is 43.0 Å². The van der Waals surface area contributed by atoms with Crippen molar-refractivity contribution in [1.82, 2.24) is 10.3 Å². The van der Waals surface area contributed by atoms with E-state index in [1.54, 1.807) is 18.3 Å². The van der Waals surface area contributed by atoms with Crippen LogP contribution in [0.5, 0.6) is 0 Å². The Labute approximate surface area is 147 Å². The molecule has 1 aromatic heterocycles. The van der Waals surface area contributed by atoms with Gasteiger partial charge in [-0.1, -0.05) is 37.1 Å². The van der Waals surface area contributed by atoms with Crippen LogP contribution in [0.25, 0.3) is 11.3 Å². The molecule has 2 rings (SSSR count). The second kappa shape index (κ2) is 9.40. The van der Waals surface area contributed by atoms with E-state index < -0.39 is 0 Å². The number of hydrogen-bond acceptors (Lipinski definition) is 3. The lowest BCUT2D eigenvalue weighted by molar-refractivity contribution is 0.0943. The predicted molar refractivity (Wildman–Crippen MR) is 97.1 cm³/mol. The lowest BCUT2D eigenvalue weighted by Gasteiger charge is -2.16. The van der Waals surface area contributed by atoms with Crippen molar-refractivity contribution in [2.75, 3.05) is 13.2 Å². The maximum atomic E-state index is 12.5. The minimum atomic E-state index is -0.197. The van der Waals surface area contributed by atoms with Crippen molar-refractivity contribution >= 4 is 17.5 Å². The van der Waals surface area contributed by atoms with Crippen LogP contribution >= 0.6 is 11.6 Å². The van der Waals surface area contributed by atoms with Gasteiger partial charge >= 0.3 is 0 Å². The molecule has 0 fully saturated rings. The van der Waals surface area contributed by atoms with Crippen LogP contribution in [0.4, 0.5) is 0 Å². The van der Waals surface area contributed by atoms with Gasteiger partial charge in [-0.3, -0.25) is 9.78 Å². The molecule has 4 nitrogen and oxygen atoms in total. The molecule has 1 amide bonds. The maximum Gasteiger partial charge on any atom is 0.252 e. The van der Waals surface area contributed by atoms with Gasteiger partial charge in [-0.15, -0.1) is 0 Å².